The first-order valence-electron chi connectivity index (χ1n) is 9.50. The van der Waals surface area contributed by atoms with E-state index in [4.69, 9.17) is 0 Å². The molecule has 30 heavy (non-hydrogen) atoms. The molecule has 0 saturated carbocycles. The molecule has 3 rings (SSSR count). The van der Waals surface area contributed by atoms with E-state index in [9.17, 15) is 13.2 Å². The molecule has 1 amide bonds. The van der Waals surface area contributed by atoms with E-state index >= 15 is 0 Å². The maximum Gasteiger partial charge on any atom is 0.263 e. The van der Waals surface area contributed by atoms with Crippen molar-refractivity contribution in [1.82, 2.24) is 9.97 Å². The zero-order valence-corrected chi connectivity index (χ0v) is 18.1. The van der Waals surface area contributed by atoms with Gasteiger partial charge in [-0.15, -0.1) is 0 Å². The number of sulfonamides is 1. The maximum absolute atomic E-state index is 12.6. The number of amides is 1. The van der Waals surface area contributed by atoms with Crippen molar-refractivity contribution in [3.63, 3.8) is 0 Å². The smallest absolute Gasteiger partial charge is 0.263 e. The van der Waals surface area contributed by atoms with Crippen molar-refractivity contribution in [3.8, 4) is 0 Å². The monoisotopic (exact) mass is 424 g/mol. The molecule has 0 aliphatic rings. The summed E-state index contributed by atoms with van der Waals surface area (Å²) in [4.78, 5) is 20.7. The summed E-state index contributed by atoms with van der Waals surface area (Å²) in [5.41, 5.74) is 2.86. The quantitative estimate of drug-likeness (QED) is 0.615. The van der Waals surface area contributed by atoms with Crippen molar-refractivity contribution in [2.24, 2.45) is 0 Å². The van der Waals surface area contributed by atoms with Crippen molar-refractivity contribution in [2.75, 3.05) is 10.0 Å². The van der Waals surface area contributed by atoms with E-state index in [1.807, 2.05) is 12.1 Å². The average Bonchev–Trinajstić information content (AvgIpc) is 2.67. The molecular weight excluding hydrogens is 400 g/mol. The third-order valence-corrected chi connectivity index (χ3v) is 5.84. The second kappa shape index (κ2) is 8.62. The fraction of sp³-hybridized carbons (Fsp3) is 0.227. The van der Waals surface area contributed by atoms with Crippen molar-refractivity contribution < 1.29 is 13.2 Å². The number of carbonyl (C=O) groups excluding carboxylic acids is 1. The van der Waals surface area contributed by atoms with Gasteiger partial charge in [-0.2, -0.15) is 0 Å². The van der Waals surface area contributed by atoms with Crippen LogP contribution in [0.1, 0.15) is 47.2 Å². The zero-order valence-electron chi connectivity index (χ0n) is 17.3. The molecule has 7 nitrogen and oxygen atoms in total. The number of hydrogen-bond acceptors (Lipinski definition) is 5. The Morgan fingerprint density at radius 2 is 1.57 bits per heavy atom. The summed E-state index contributed by atoms with van der Waals surface area (Å²) in [6.07, 6.45) is 0. The molecule has 0 saturated heterocycles. The second-order valence-corrected chi connectivity index (χ2v) is 8.98. The van der Waals surface area contributed by atoms with E-state index < -0.39 is 10.0 Å². The van der Waals surface area contributed by atoms with Gasteiger partial charge in [-0.3, -0.25) is 9.52 Å². The van der Waals surface area contributed by atoms with Gasteiger partial charge in [-0.05, 0) is 61.7 Å². The molecule has 0 unspecified atom stereocenters. The van der Waals surface area contributed by atoms with Gasteiger partial charge in [0, 0.05) is 23.0 Å². The lowest BCUT2D eigenvalue weighted by molar-refractivity contribution is 0.102. The van der Waals surface area contributed by atoms with Gasteiger partial charge in [-0.25, -0.2) is 18.4 Å². The highest BCUT2D eigenvalue weighted by molar-refractivity contribution is 7.92. The molecule has 0 bridgehead atoms. The zero-order chi connectivity index (χ0) is 21.9. The molecule has 3 aromatic rings. The summed E-state index contributed by atoms with van der Waals surface area (Å²) in [6.45, 7) is 7.64. The van der Waals surface area contributed by atoms with Crippen LogP contribution < -0.4 is 10.0 Å². The summed E-state index contributed by atoms with van der Waals surface area (Å²) in [5.74, 6) is 0.820. The normalized spacial score (nSPS) is 11.4. The Morgan fingerprint density at radius 3 is 2.13 bits per heavy atom. The highest BCUT2D eigenvalue weighted by atomic mass is 32.2. The van der Waals surface area contributed by atoms with Crippen molar-refractivity contribution in [2.45, 2.75) is 38.5 Å². The van der Waals surface area contributed by atoms with Gasteiger partial charge in [0.25, 0.3) is 15.9 Å². The lowest BCUT2D eigenvalue weighted by Crippen LogP contribution is -2.15. The van der Waals surface area contributed by atoms with Gasteiger partial charge in [0.05, 0.1) is 4.90 Å². The summed E-state index contributed by atoms with van der Waals surface area (Å²) in [7, 11) is -3.81. The predicted molar refractivity (Wildman–Crippen MR) is 117 cm³/mol. The Morgan fingerprint density at radius 1 is 0.933 bits per heavy atom. The number of rotatable bonds is 6. The third kappa shape index (κ3) is 5.21. The summed E-state index contributed by atoms with van der Waals surface area (Å²) < 4.78 is 27.7. The van der Waals surface area contributed by atoms with E-state index in [0.29, 0.717) is 28.7 Å². The Kier molecular flexibility index (Phi) is 6.17. The minimum absolute atomic E-state index is 0.0655. The molecule has 1 aromatic heterocycles. The van der Waals surface area contributed by atoms with Crippen LogP contribution in [0.15, 0.2) is 59.5 Å². The molecule has 0 atom stereocenters. The van der Waals surface area contributed by atoms with Crippen LogP contribution >= 0.6 is 0 Å². The molecule has 0 radical (unpaired) electrons. The molecular formula is C22H24N4O3S. The Balaban J connectivity index is 1.71. The number of hydrogen-bond donors (Lipinski definition) is 2. The number of nitrogens with zero attached hydrogens (tertiary/aromatic N) is 2. The van der Waals surface area contributed by atoms with Crippen LogP contribution in [0, 0.1) is 13.8 Å². The van der Waals surface area contributed by atoms with Crippen molar-refractivity contribution in [3.05, 3.63) is 77.2 Å². The van der Waals surface area contributed by atoms with Gasteiger partial charge in [0.15, 0.2) is 0 Å². The number of carbonyl (C=O) groups is 1. The molecule has 156 valence electrons. The van der Waals surface area contributed by atoms with Crippen LogP contribution in [-0.4, -0.2) is 24.3 Å². The standard InChI is InChI=1S/C22H24N4O3S/c1-14(2)17-5-7-18(8-6-17)22(27)25-19-9-11-20(12-10-19)30(28,29)26-21-13-15(3)23-16(4)24-21/h5-14H,1-4H3,(H,25,27)(H,23,24,26). The largest absolute Gasteiger partial charge is 0.322 e. The Labute approximate surface area is 176 Å². The second-order valence-electron chi connectivity index (χ2n) is 7.30. The van der Waals surface area contributed by atoms with Crippen LogP contribution in [0.3, 0.4) is 0 Å². The van der Waals surface area contributed by atoms with E-state index in [-0.39, 0.29) is 16.6 Å². The lowest BCUT2D eigenvalue weighted by Gasteiger charge is -2.10. The summed E-state index contributed by atoms with van der Waals surface area (Å²) in [5, 5.41) is 2.78. The highest BCUT2D eigenvalue weighted by Gasteiger charge is 2.16. The number of aryl methyl sites for hydroxylation is 2. The van der Waals surface area contributed by atoms with E-state index in [1.54, 1.807) is 44.2 Å². The Hall–Kier alpha value is -3.26. The van der Waals surface area contributed by atoms with Crippen molar-refractivity contribution in [1.29, 1.82) is 0 Å². The van der Waals surface area contributed by atoms with Crippen LogP contribution in [0.4, 0.5) is 11.5 Å². The molecule has 1 heterocycles. The number of anilines is 2. The first kappa shape index (κ1) is 21.4. The highest BCUT2D eigenvalue weighted by Crippen LogP contribution is 2.19. The lowest BCUT2D eigenvalue weighted by atomic mass is 10.0. The first-order valence-corrected chi connectivity index (χ1v) is 11.0. The molecule has 8 heteroatoms. The van der Waals surface area contributed by atoms with E-state index in [0.717, 1.165) is 5.56 Å². The molecule has 0 spiro atoms. The van der Waals surface area contributed by atoms with Crippen LogP contribution in [0.2, 0.25) is 0 Å². The average molecular weight is 425 g/mol. The van der Waals surface area contributed by atoms with Crippen molar-refractivity contribution >= 4 is 27.4 Å². The van der Waals surface area contributed by atoms with Crippen LogP contribution in [0.25, 0.3) is 0 Å². The molecule has 2 aromatic carbocycles. The minimum Gasteiger partial charge on any atom is -0.322 e. The first-order chi connectivity index (χ1) is 14.1. The number of nitrogens with one attached hydrogen (secondary N) is 2. The third-order valence-electron chi connectivity index (χ3n) is 4.47. The summed E-state index contributed by atoms with van der Waals surface area (Å²) in [6, 6.07) is 14.9. The molecule has 0 aliphatic carbocycles. The number of benzene rings is 2. The molecule has 2 N–H and O–H groups in total. The summed E-state index contributed by atoms with van der Waals surface area (Å²) >= 11 is 0. The van der Waals surface area contributed by atoms with Gasteiger partial charge in [0.2, 0.25) is 0 Å². The predicted octanol–water partition coefficient (Wildman–Crippen LogP) is 4.27. The fourth-order valence-corrected chi connectivity index (χ4v) is 3.90. The van der Waals surface area contributed by atoms with Crippen LogP contribution in [0.5, 0.6) is 0 Å². The van der Waals surface area contributed by atoms with Gasteiger partial charge in [0.1, 0.15) is 11.6 Å². The number of aromatic nitrogens is 2. The van der Waals surface area contributed by atoms with Crippen LogP contribution in [-0.2, 0) is 10.0 Å². The topological polar surface area (TPSA) is 101 Å². The van der Waals surface area contributed by atoms with E-state index in [2.05, 4.69) is 33.9 Å². The van der Waals surface area contributed by atoms with Gasteiger partial charge < -0.3 is 5.32 Å². The maximum atomic E-state index is 12.6. The van der Waals surface area contributed by atoms with E-state index in [1.165, 1.54) is 12.1 Å². The fourth-order valence-electron chi connectivity index (χ4n) is 2.91. The Bertz CT molecular complexity index is 1140. The van der Waals surface area contributed by atoms with Gasteiger partial charge in [-0.1, -0.05) is 26.0 Å². The molecule has 0 aliphatic heterocycles. The van der Waals surface area contributed by atoms with Gasteiger partial charge >= 0.3 is 0 Å². The SMILES string of the molecule is Cc1cc(NS(=O)(=O)c2ccc(NC(=O)c3ccc(C(C)C)cc3)cc2)nc(C)n1. The molecule has 0 fully saturated rings. The minimum atomic E-state index is -3.81.